The van der Waals surface area contributed by atoms with Crippen molar-refractivity contribution in [3.63, 3.8) is 0 Å². The van der Waals surface area contributed by atoms with Gasteiger partial charge in [-0.2, -0.15) is 0 Å². The number of rotatable bonds is 4. The predicted molar refractivity (Wildman–Crippen MR) is 94.8 cm³/mol. The predicted octanol–water partition coefficient (Wildman–Crippen LogP) is 2.80. The Morgan fingerprint density at radius 1 is 1.16 bits per heavy atom. The fourth-order valence-electron chi connectivity index (χ4n) is 3.54. The molecule has 1 amide bonds. The van der Waals surface area contributed by atoms with E-state index in [4.69, 9.17) is 4.74 Å². The Kier molecular flexibility index (Phi) is 4.03. The van der Waals surface area contributed by atoms with Crippen LogP contribution in [-0.2, 0) is 6.54 Å². The monoisotopic (exact) mass is 338 g/mol. The summed E-state index contributed by atoms with van der Waals surface area (Å²) < 4.78 is 5.20. The van der Waals surface area contributed by atoms with Crippen molar-refractivity contribution in [2.24, 2.45) is 0 Å². The van der Waals surface area contributed by atoms with Crippen LogP contribution >= 0.6 is 0 Å². The molecule has 0 spiro atoms. The van der Waals surface area contributed by atoms with Gasteiger partial charge in [-0.25, -0.2) is 9.97 Å². The standard InChI is InChI=1S/C19H22N4O2/c1-13(14-5-7-15(25-2)8-6-14)23-12-17-16(18(23)24)11-20-19(21-17)22-9-3-4-10-22/h5-8,11,13H,3-4,9-10,12H2,1-2H3. The SMILES string of the molecule is COc1ccc(C(C)N2Cc3nc(N4CCCC4)ncc3C2=O)cc1. The minimum Gasteiger partial charge on any atom is -0.497 e. The lowest BCUT2D eigenvalue weighted by atomic mass is 10.1. The summed E-state index contributed by atoms with van der Waals surface area (Å²) >= 11 is 0. The van der Waals surface area contributed by atoms with Crippen molar-refractivity contribution in [1.29, 1.82) is 0 Å². The summed E-state index contributed by atoms with van der Waals surface area (Å²) in [6.45, 7) is 4.57. The molecule has 0 saturated carbocycles. The van der Waals surface area contributed by atoms with Crippen LogP contribution in [0.4, 0.5) is 5.95 Å². The molecule has 1 unspecified atom stereocenters. The zero-order valence-corrected chi connectivity index (χ0v) is 14.6. The Morgan fingerprint density at radius 2 is 1.88 bits per heavy atom. The van der Waals surface area contributed by atoms with Gasteiger partial charge >= 0.3 is 0 Å². The largest absolute Gasteiger partial charge is 0.497 e. The van der Waals surface area contributed by atoms with Crippen molar-refractivity contribution in [1.82, 2.24) is 14.9 Å². The van der Waals surface area contributed by atoms with E-state index in [2.05, 4.69) is 14.9 Å². The minimum absolute atomic E-state index is 0.00582. The maximum Gasteiger partial charge on any atom is 0.258 e. The summed E-state index contributed by atoms with van der Waals surface area (Å²) in [5, 5.41) is 0. The number of hydrogen-bond donors (Lipinski definition) is 0. The molecule has 1 saturated heterocycles. The molecule has 0 bridgehead atoms. The fourth-order valence-corrected chi connectivity index (χ4v) is 3.54. The van der Waals surface area contributed by atoms with Gasteiger partial charge in [0.05, 0.1) is 31.0 Å². The molecule has 0 radical (unpaired) electrons. The number of benzene rings is 1. The average molecular weight is 338 g/mol. The van der Waals surface area contributed by atoms with E-state index in [1.54, 1.807) is 13.3 Å². The molecule has 2 aliphatic heterocycles. The third-order valence-corrected chi connectivity index (χ3v) is 5.12. The third kappa shape index (κ3) is 2.81. The highest BCUT2D eigenvalue weighted by atomic mass is 16.5. The van der Waals surface area contributed by atoms with Crippen LogP contribution in [-0.4, -0.2) is 41.0 Å². The Morgan fingerprint density at radius 3 is 2.56 bits per heavy atom. The molecule has 6 heteroatoms. The number of anilines is 1. The van der Waals surface area contributed by atoms with E-state index in [1.165, 1.54) is 12.8 Å². The van der Waals surface area contributed by atoms with Crippen molar-refractivity contribution in [2.45, 2.75) is 32.4 Å². The number of carbonyl (C=O) groups is 1. The fraction of sp³-hybridized carbons (Fsp3) is 0.421. The minimum atomic E-state index is -0.0251. The van der Waals surface area contributed by atoms with Crippen LogP contribution in [0.15, 0.2) is 30.5 Å². The molecule has 25 heavy (non-hydrogen) atoms. The van der Waals surface area contributed by atoms with Crippen LogP contribution in [0.25, 0.3) is 0 Å². The molecule has 130 valence electrons. The highest BCUT2D eigenvalue weighted by Gasteiger charge is 2.33. The van der Waals surface area contributed by atoms with Crippen LogP contribution in [0.5, 0.6) is 5.75 Å². The first-order valence-corrected chi connectivity index (χ1v) is 8.73. The Hall–Kier alpha value is -2.63. The number of hydrogen-bond acceptors (Lipinski definition) is 5. The first kappa shape index (κ1) is 15.9. The number of carbonyl (C=O) groups excluding carboxylic acids is 1. The highest BCUT2D eigenvalue weighted by molar-refractivity contribution is 5.97. The van der Waals surface area contributed by atoms with Crippen molar-refractivity contribution < 1.29 is 9.53 Å². The van der Waals surface area contributed by atoms with Crippen molar-refractivity contribution >= 4 is 11.9 Å². The van der Waals surface area contributed by atoms with Crippen LogP contribution < -0.4 is 9.64 Å². The maximum atomic E-state index is 12.8. The molecular weight excluding hydrogens is 316 g/mol. The van der Waals surface area contributed by atoms with Crippen molar-refractivity contribution in [3.05, 3.63) is 47.3 Å². The summed E-state index contributed by atoms with van der Waals surface area (Å²) in [5.74, 6) is 1.57. The van der Waals surface area contributed by atoms with E-state index in [0.717, 1.165) is 36.0 Å². The summed E-state index contributed by atoms with van der Waals surface area (Å²) in [7, 11) is 1.65. The zero-order chi connectivity index (χ0) is 17.4. The number of nitrogens with zero attached hydrogens (tertiary/aromatic N) is 4. The lowest BCUT2D eigenvalue weighted by Gasteiger charge is -2.24. The van der Waals surface area contributed by atoms with Gasteiger partial charge in [-0.1, -0.05) is 12.1 Å². The quantitative estimate of drug-likeness (QED) is 0.858. The molecular formula is C19H22N4O2. The van der Waals surface area contributed by atoms with Gasteiger partial charge in [0.1, 0.15) is 5.75 Å². The molecule has 4 rings (SSSR count). The van der Waals surface area contributed by atoms with Crippen LogP contribution in [0.1, 0.15) is 47.4 Å². The Bertz CT molecular complexity index is 785. The summed E-state index contributed by atoms with van der Waals surface area (Å²) in [5.41, 5.74) is 2.54. The van der Waals surface area contributed by atoms with E-state index in [-0.39, 0.29) is 11.9 Å². The van der Waals surface area contributed by atoms with Crippen LogP contribution in [0, 0.1) is 0 Å². The molecule has 0 aliphatic carbocycles. The maximum absolute atomic E-state index is 12.8. The van der Waals surface area contributed by atoms with E-state index in [1.807, 2.05) is 36.1 Å². The highest BCUT2D eigenvalue weighted by Crippen LogP contribution is 2.31. The zero-order valence-electron chi connectivity index (χ0n) is 14.6. The molecule has 2 aliphatic rings. The van der Waals surface area contributed by atoms with Gasteiger partial charge in [-0.3, -0.25) is 4.79 Å². The number of methoxy groups -OCH3 is 1. The van der Waals surface area contributed by atoms with Gasteiger partial charge in [0.25, 0.3) is 5.91 Å². The molecule has 1 atom stereocenters. The molecule has 6 nitrogen and oxygen atoms in total. The second-order valence-corrected chi connectivity index (χ2v) is 6.61. The van der Waals surface area contributed by atoms with E-state index in [9.17, 15) is 4.79 Å². The number of fused-ring (bicyclic) bond motifs is 1. The summed E-state index contributed by atoms with van der Waals surface area (Å²) in [6, 6.07) is 7.82. The Balaban J connectivity index is 1.56. The van der Waals surface area contributed by atoms with Gasteiger partial charge in [0, 0.05) is 19.3 Å². The first-order valence-electron chi connectivity index (χ1n) is 8.73. The molecule has 0 N–H and O–H groups in total. The number of aromatic nitrogens is 2. The summed E-state index contributed by atoms with van der Waals surface area (Å²) in [6.07, 6.45) is 4.05. The van der Waals surface area contributed by atoms with Gasteiger partial charge < -0.3 is 14.5 Å². The summed E-state index contributed by atoms with van der Waals surface area (Å²) in [4.78, 5) is 25.9. The van der Waals surface area contributed by atoms with E-state index in [0.29, 0.717) is 12.1 Å². The molecule has 1 aromatic heterocycles. The topological polar surface area (TPSA) is 58.6 Å². The number of amides is 1. The van der Waals surface area contributed by atoms with Gasteiger partial charge in [0.2, 0.25) is 5.95 Å². The molecule has 1 aromatic carbocycles. The lowest BCUT2D eigenvalue weighted by Crippen LogP contribution is -2.27. The van der Waals surface area contributed by atoms with E-state index < -0.39 is 0 Å². The first-order chi connectivity index (χ1) is 12.2. The number of ether oxygens (including phenoxy) is 1. The van der Waals surface area contributed by atoms with E-state index >= 15 is 0 Å². The van der Waals surface area contributed by atoms with Gasteiger partial charge in [-0.05, 0) is 37.5 Å². The Labute approximate surface area is 147 Å². The third-order valence-electron chi connectivity index (χ3n) is 5.12. The normalized spacial score (nSPS) is 17.8. The van der Waals surface area contributed by atoms with Gasteiger partial charge in [-0.15, -0.1) is 0 Å². The second-order valence-electron chi connectivity index (χ2n) is 6.61. The molecule has 3 heterocycles. The van der Waals surface area contributed by atoms with Crippen molar-refractivity contribution in [3.8, 4) is 5.75 Å². The molecule has 1 fully saturated rings. The average Bonchev–Trinajstić information content (AvgIpc) is 3.29. The van der Waals surface area contributed by atoms with Gasteiger partial charge in [0.15, 0.2) is 0 Å². The lowest BCUT2D eigenvalue weighted by molar-refractivity contribution is 0.0715. The van der Waals surface area contributed by atoms with Crippen LogP contribution in [0.2, 0.25) is 0 Å². The smallest absolute Gasteiger partial charge is 0.258 e. The molecule has 2 aromatic rings. The van der Waals surface area contributed by atoms with Crippen LogP contribution in [0.3, 0.4) is 0 Å². The second kappa shape index (κ2) is 6.35. The van der Waals surface area contributed by atoms with Crippen molar-refractivity contribution in [2.75, 3.05) is 25.1 Å².